The third-order valence-corrected chi connectivity index (χ3v) is 4.00. The molecule has 0 saturated carbocycles. The van der Waals surface area contributed by atoms with E-state index < -0.39 is 0 Å². The minimum Gasteiger partial charge on any atom is -0.351 e. The molecule has 2 unspecified atom stereocenters. The lowest BCUT2D eigenvalue weighted by atomic mass is 10.1. The number of rotatable bonds is 3. The van der Waals surface area contributed by atoms with Crippen LogP contribution in [0.25, 0.3) is 5.65 Å². The zero-order valence-electron chi connectivity index (χ0n) is 11.6. The number of nitrogens with zero attached hydrogens (tertiary/aromatic N) is 4. The van der Waals surface area contributed by atoms with Gasteiger partial charge < -0.3 is 10.2 Å². The first-order valence-electron chi connectivity index (χ1n) is 7.12. The molecule has 3 heterocycles. The summed E-state index contributed by atoms with van der Waals surface area (Å²) < 4.78 is 1.81. The summed E-state index contributed by atoms with van der Waals surface area (Å²) in [7, 11) is 0. The van der Waals surface area contributed by atoms with Gasteiger partial charge in [-0.3, -0.25) is 0 Å². The van der Waals surface area contributed by atoms with E-state index in [1.165, 1.54) is 0 Å². The van der Waals surface area contributed by atoms with Crippen LogP contribution in [0.15, 0.2) is 24.5 Å². The molecule has 3 rings (SSSR count). The molecule has 1 fully saturated rings. The van der Waals surface area contributed by atoms with Crippen molar-refractivity contribution < 1.29 is 0 Å². The summed E-state index contributed by atoms with van der Waals surface area (Å²) in [5.74, 6) is 1.07. The Morgan fingerprint density at radius 1 is 1.32 bits per heavy atom. The highest BCUT2D eigenvalue weighted by molar-refractivity contribution is 5.48. The normalized spacial score (nSPS) is 24.0. The van der Waals surface area contributed by atoms with Crippen molar-refractivity contribution in [2.75, 3.05) is 18.0 Å². The van der Waals surface area contributed by atoms with Crippen molar-refractivity contribution in [3.8, 4) is 0 Å². The van der Waals surface area contributed by atoms with Crippen LogP contribution in [0.4, 0.5) is 5.82 Å². The largest absolute Gasteiger partial charge is 0.351 e. The summed E-state index contributed by atoms with van der Waals surface area (Å²) in [6.45, 7) is 6.55. The highest BCUT2D eigenvalue weighted by atomic mass is 15.3. The summed E-state index contributed by atoms with van der Waals surface area (Å²) >= 11 is 0. The second-order valence-corrected chi connectivity index (χ2v) is 5.15. The fraction of sp³-hybridized carbons (Fsp3) is 0.571. The lowest BCUT2D eigenvalue weighted by molar-refractivity contribution is 0.377. The molecule has 2 aromatic rings. The number of hydrogen-bond acceptors (Lipinski definition) is 4. The molecule has 1 aliphatic rings. The Morgan fingerprint density at radius 2 is 2.21 bits per heavy atom. The number of hydrogen-bond donors (Lipinski definition) is 1. The molecule has 102 valence electrons. The maximum atomic E-state index is 4.72. The maximum Gasteiger partial charge on any atom is 0.157 e. The van der Waals surface area contributed by atoms with Crippen LogP contribution >= 0.6 is 0 Å². The van der Waals surface area contributed by atoms with Gasteiger partial charge in [-0.25, -0.2) is 9.50 Å². The first kappa shape index (κ1) is 12.4. The van der Waals surface area contributed by atoms with Crippen LogP contribution in [0.3, 0.4) is 0 Å². The molecule has 0 amide bonds. The van der Waals surface area contributed by atoms with Gasteiger partial charge in [0.05, 0.1) is 6.20 Å². The molecular formula is C14H21N5. The lowest BCUT2D eigenvalue weighted by Crippen LogP contribution is -2.56. The Bertz CT molecular complexity index is 550. The number of piperazine rings is 1. The fourth-order valence-corrected chi connectivity index (χ4v) is 2.75. The van der Waals surface area contributed by atoms with Crippen molar-refractivity contribution >= 4 is 11.5 Å². The van der Waals surface area contributed by atoms with E-state index in [4.69, 9.17) is 4.98 Å². The smallest absolute Gasteiger partial charge is 0.157 e. The maximum absolute atomic E-state index is 4.72. The molecule has 0 aromatic carbocycles. The van der Waals surface area contributed by atoms with Gasteiger partial charge in [0.25, 0.3) is 0 Å². The molecule has 19 heavy (non-hydrogen) atoms. The zero-order chi connectivity index (χ0) is 13.2. The highest BCUT2D eigenvalue weighted by Crippen LogP contribution is 2.20. The molecule has 0 radical (unpaired) electrons. The third-order valence-electron chi connectivity index (χ3n) is 4.00. The van der Waals surface area contributed by atoms with Gasteiger partial charge in [0.15, 0.2) is 5.65 Å². The summed E-state index contributed by atoms with van der Waals surface area (Å²) in [5, 5.41) is 7.81. The van der Waals surface area contributed by atoms with Crippen LogP contribution in [-0.2, 0) is 0 Å². The predicted molar refractivity (Wildman–Crippen MR) is 76.5 cm³/mol. The molecular weight excluding hydrogens is 238 g/mol. The van der Waals surface area contributed by atoms with Crippen LogP contribution in [-0.4, -0.2) is 39.8 Å². The first-order chi connectivity index (χ1) is 9.31. The molecule has 0 spiro atoms. The minimum atomic E-state index is 0.528. The molecule has 2 aromatic heterocycles. The number of nitrogens with one attached hydrogen (secondary N) is 1. The van der Waals surface area contributed by atoms with Crippen molar-refractivity contribution in [3.63, 3.8) is 0 Å². The van der Waals surface area contributed by atoms with Crippen molar-refractivity contribution in [3.05, 3.63) is 24.5 Å². The van der Waals surface area contributed by atoms with E-state index in [9.17, 15) is 0 Å². The molecule has 1 N–H and O–H groups in total. The summed E-state index contributed by atoms with van der Waals surface area (Å²) in [6, 6.07) is 5.11. The van der Waals surface area contributed by atoms with Gasteiger partial charge in [-0.2, -0.15) is 5.10 Å². The van der Waals surface area contributed by atoms with E-state index in [1.54, 1.807) is 6.20 Å². The number of anilines is 1. The topological polar surface area (TPSA) is 45.5 Å². The van der Waals surface area contributed by atoms with Crippen LogP contribution in [0.2, 0.25) is 0 Å². The van der Waals surface area contributed by atoms with Crippen molar-refractivity contribution in [1.82, 2.24) is 19.9 Å². The monoisotopic (exact) mass is 259 g/mol. The summed E-state index contributed by atoms with van der Waals surface area (Å²) in [5.41, 5.74) is 0.916. The van der Waals surface area contributed by atoms with Gasteiger partial charge in [-0.15, -0.1) is 0 Å². The minimum absolute atomic E-state index is 0.528. The zero-order valence-corrected chi connectivity index (χ0v) is 11.6. The van der Waals surface area contributed by atoms with E-state index in [2.05, 4.69) is 35.2 Å². The molecule has 2 atom stereocenters. The fourth-order valence-electron chi connectivity index (χ4n) is 2.75. The number of fused-ring (bicyclic) bond motifs is 1. The van der Waals surface area contributed by atoms with E-state index in [0.717, 1.165) is 37.4 Å². The molecule has 1 saturated heterocycles. The van der Waals surface area contributed by atoms with Gasteiger partial charge in [-0.05, 0) is 18.9 Å². The van der Waals surface area contributed by atoms with Crippen molar-refractivity contribution in [1.29, 1.82) is 0 Å². The van der Waals surface area contributed by atoms with Crippen LogP contribution < -0.4 is 10.2 Å². The highest BCUT2D eigenvalue weighted by Gasteiger charge is 2.26. The predicted octanol–water partition coefficient (Wildman–Crippen LogP) is 1.70. The van der Waals surface area contributed by atoms with E-state index in [0.29, 0.717) is 12.1 Å². The second-order valence-electron chi connectivity index (χ2n) is 5.15. The molecule has 1 aliphatic heterocycles. The first-order valence-corrected chi connectivity index (χ1v) is 7.12. The Balaban J connectivity index is 1.91. The molecule has 0 bridgehead atoms. The van der Waals surface area contributed by atoms with Gasteiger partial charge in [0.2, 0.25) is 0 Å². The Hall–Kier alpha value is -1.62. The average Bonchev–Trinajstić information content (AvgIpc) is 2.93. The SMILES string of the molecule is CCC1CN(c2ccn3nccc3n2)C(CC)CN1. The van der Waals surface area contributed by atoms with Crippen LogP contribution in [0.5, 0.6) is 0 Å². The Labute approximate surface area is 113 Å². The lowest BCUT2D eigenvalue weighted by Gasteiger charge is -2.40. The van der Waals surface area contributed by atoms with E-state index in [-0.39, 0.29) is 0 Å². The van der Waals surface area contributed by atoms with Crippen LogP contribution in [0.1, 0.15) is 26.7 Å². The summed E-state index contributed by atoms with van der Waals surface area (Å²) in [6.07, 6.45) is 6.07. The Kier molecular flexibility index (Phi) is 3.38. The van der Waals surface area contributed by atoms with E-state index in [1.807, 2.05) is 16.8 Å². The Morgan fingerprint density at radius 3 is 3.00 bits per heavy atom. The molecule has 0 aliphatic carbocycles. The standard InChI is InChI=1S/C14H21N5/c1-3-11-10-18(12(4-2)9-15-11)13-6-8-19-14(17-13)5-7-16-19/h5-8,11-12,15H,3-4,9-10H2,1-2H3. The third kappa shape index (κ3) is 2.30. The second kappa shape index (κ2) is 5.17. The number of aromatic nitrogens is 3. The average molecular weight is 259 g/mol. The van der Waals surface area contributed by atoms with Gasteiger partial charge in [0, 0.05) is 37.4 Å². The molecule has 5 nitrogen and oxygen atoms in total. The van der Waals surface area contributed by atoms with Gasteiger partial charge in [0.1, 0.15) is 5.82 Å². The van der Waals surface area contributed by atoms with E-state index >= 15 is 0 Å². The van der Waals surface area contributed by atoms with Crippen LogP contribution in [0, 0.1) is 0 Å². The summed E-state index contributed by atoms with van der Waals surface area (Å²) in [4.78, 5) is 7.17. The van der Waals surface area contributed by atoms with Crippen molar-refractivity contribution in [2.45, 2.75) is 38.8 Å². The quantitative estimate of drug-likeness (QED) is 0.911. The van der Waals surface area contributed by atoms with Gasteiger partial charge >= 0.3 is 0 Å². The van der Waals surface area contributed by atoms with Gasteiger partial charge in [-0.1, -0.05) is 13.8 Å². The molecule has 5 heteroatoms. The van der Waals surface area contributed by atoms with Crippen molar-refractivity contribution in [2.24, 2.45) is 0 Å².